The van der Waals surface area contributed by atoms with Crippen LogP contribution in [0.2, 0.25) is 0 Å². The third-order valence-corrected chi connectivity index (χ3v) is 18.5. The fourth-order valence-corrected chi connectivity index (χ4v) is 14.7. The van der Waals surface area contributed by atoms with Crippen molar-refractivity contribution in [2.45, 2.75) is 4.90 Å². The molecular weight excluding hydrogens is 823 g/mol. The first-order valence-electron chi connectivity index (χ1n) is 17.8. The number of aromatic nitrogens is 1. The quantitative estimate of drug-likeness (QED) is 0.153. The normalized spacial score (nSPS) is 12.1. The van der Waals surface area contributed by atoms with E-state index in [1.807, 2.05) is 53.0 Å². The minimum absolute atomic E-state index is 0.275. The van der Waals surface area contributed by atoms with E-state index in [1.165, 1.54) is 64.6 Å². The minimum atomic E-state index is -3.83. The standard InChI is InChI=1S/C46H27NO2S7/c48-56(49,32-8-2-1-3-9-32)47-35-11-5-4-10-33(35)34-25-31-26-46(55-45(31)27-36(34)47)44-19-16-39(54-44)30-23-28(37-14-17-42(52-37)40-12-6-20-50-40)22-29(24-30)38-15-18-43(53-38)41-13-7-21-51-41/h1-27H. The first-order valence-corrected chi connectivity index (χ1v) is 24.2. The van der Waals surface area contributed by atoms with Gasteiger partial charge in [-0.15, -0.1) is 68.0 Å². The molecule has 0 saturated carbocycles. The van der Waals surface area contributed by atoms with Crippen LogP contribution in [0.1, 0.15) is 0 Å². The molecule has 0 fully saturated rings. The predicted molar refractivity (Wildman–Crippen MR) is 246 cm³/mol. The molecule has 11 aromatic rings. The maximum absolute atomic E-state index is 14.1. The van der Waals surface area contributed by atoms with Gasteiger partial charge in [-0.05, 0) is 136 Å². The van der Waals surface area contributed by atoms with Gasteiger partial charge < -0.3 is 0 Å². The van der Waals surface area contributed by atoms with Crippen LogP contribution in [-0.4, -0.2) is 12.4 Å². The summed E-state index contributed by atoms with van der Waals surface area (Å²) in [5.41, 5.74) is 5.02. The second-order valence-corrected chi connectivity index (χ2v) is 21.4. The zero-order chi connectivity index (χ0) is 37.4. The first-order chi connectivity index (χ1) is 27.5. The molecule has 0 aliphatic heterocycles. The van der Waals surface area contributed by atoms with E-state index in [0.29, 0.717) is 11.0 Å². The van der Waals surface area contributed by atoms with E-state index in [-0.39, 0.29) is 4.90 Å². The molecule has 0 saturated heterocycles. The summed E-state index contributed by atoms with van der Waals surface area (Å²) in [5, 5.41) is 7.23. The summed E-state index contributed by atoms with van der Waals surface area (Å²) in [6, 6.07) is 52.1. The predicted octanol–water partition coefficient (Wildman–Crippen LogP) is 15.6. The molecule has 0 unspecified atom stereocenters. The van der Waals surface area contributed by atoms with Crippen LogP contribution < -0.4 is 0 Å². The Hall–Kier alpha value is -4.91. The van der Waals surface area contributed by atoms with Crippen LogP contribution in [0.4, 0.5) is 0 Å². The van der Waals surface area contributed by atoms with E-state index >= 15 is 0 Å². The molecule has 4 aromatic carbocycles. The third kappa shape index (κ3) is 5.87. The van der Waals surface area contributed by atoms with Crippen molar-refractivity contribution in [3.8, 4) is 60.6 Å². The molecule has 0 radical (unpaired) electrons. The molecule has 0 amide bonds. The van der Waals surface area contributed by atoms with Gasteiger partial charge in [-0.2, -0.15) is 0 Å². The molecule has 0 aliphatic rings. The molecule has 0 atom stereocenters. The average molecular weight is 850 g/mol. The lowest BCUT2D eigenvalue weighted by molar-refractivity contribution is 0.590. The largest absolute Gasteiger partial charge is 0.268 e. The number of benzene rings is 4. The van der Waals surface area contributed by atoms with Crippen molar-refractivity contribution >= 4 is 110 Å². The van der Waals surface area contributed by atoms with Crippen LogP contribution >= 0.6 is 68.0 Å². The van der Waals surface area contributed by atoms with E-state index < -0.39 is 10.0 Å². The van der Waals surface area contributed by atoms with Crippen molar-refractivity contribution in [2.24, 2.45) is 0 Å². The molecule has 10 heteroatoms. The van der Waals surface area contributed by atoms with Gasteiger partial charge in [0.15, 0.2) is 0 Å². The highest BCUT2D eigenvalue weighted by atomic mass is 32.2. The molecule has 0 N–H and O–H groups in total. The third-order valence-electron chi connectivity index (χ3n) is 9.92. The van der Waals surface area contributed by atoms with Gasteiger partial charge in [-0.3, -0.25) is 0 Å². The average Bonchev–Trinajstić information content (AvgIpc) is 4.08. The first kappa shape index (κ1) is 34.3. The number of hydrogen-bond acceptors (Lipinski definition) is 8. The number of fused-ring (bicyclic) bond motifs is 4. The van der Waals surface area contributed by atoms with Crippen LogP contribution in [0, 0.1) is 0 Å². The Balaban J connectivity index is 1.01. The number of nitrogens with zero attached hydrogens (tertiary/aromatic N) is 1. The van der Waals surface area contributed by atoms with Gasteiger partial charge in [-0.1, -0.05) is 48.5 Å². The van der Waals surface area contributed by atoms with Crippen molar-refractivity contribution in [3.05, 3.63) is 162 Å². The summed E-state index contributed by atoms with van der Waals surface area (Å²) in [6.45, 7) is 0. The van der Waals surface area contributed by atoms with E-state index in [4.69, 9.17) is 0 Å². The Morgan fingerprint density at radius 2 is 0.929 bits per heavy atom. The number of para-hydroxylation sites is 1. The van der Waals surface area contributed by atoms with Crippen LogP contribution in [0.25, 0.3) is 92.5 Å². The number of thiophene rings is 6. The lowest BCUT2D eigenvalue weighted by atomic mass is 10.0. The van der Waals surface area contributed by atoms with Gasteiger partial charge in [0.1, 0.15) is 0 Å². The van der Waals surface area contributed by atoms with Gasteiger partial charge in [0.25, 0.3) is 10.0 Å². The fourth-order valence-electron chi connectivity index (χ4n) is 7.31. The smallest absolute Gasteiger partial charge is 0.233 e. The van der Waals surface area contributed by atoms with E-state index in [0.717, 1.165) is 20.9 Å². The van der Waals surface area contributed by atoms with Gasteiger partial charge in [0.05, 0.1) is 15.9 Å². The molecular formula is C46H27NO2S7. The van der Waals surface area contributed by atoms with Crippen molar-refractivity contribution in [3.63, 3.8) is 0 Å². The van der Waals surface area contributed by atoms with Crippen molar-refractivity contribution in [1.29, 1.82) is 0 Å². The van der Waals surface area contributed by atoms with Crippen LogP contribution in [0.3, 0.4) is 0 Å². The van der Waals surface area contributed by atoms with Crippen LogP contribution in [0.5, 0.6) is 0 Å². The summed E-state index contributed by atoms with van der Waals surface area (Å²) >= 11 is 10.8. The van der Waals surface area contributed by atoms with E-state index in [2.05, 4.69) is 108 Å². The van der Waals surface area contributed by atoms with Gasteiger partial charge in [0, 0.05) is 59.4 Å². The Morgan fingerprint density at radius 3 is 1.50 bits per heavy atom. The number of rotatable bonds is 8. The molecule has 270 valence electrons. The molecule has 56 heavy (non-hydrogen) atoms. The maximum Gasteiger partial charge on any atom is 0.268 e. The molecule has 11 rings (SSSR count). The SMILES string of the molecule is O=S(=O)(c1ccccc1)n1c2ccccc2c2cc3cc(-c4ccc(-c5cc(-c6ccc(-c7cccs7)s6)cc(-c6ccc(-c7cccs7)s6)c5)s4)sc3cc21. The van der Waals surface area contributed by atoms with E-state index in [1.54, 1.807) is 69.6 Å². The van der Waals surface area contributed by atoms with Crippen molar-refractivity contribution in [2.75, 3.05) is 0 Å². The minimum Gasteiger partial charge on any atom is -0.233 e. The maximum atomic E-state index is 14.1. The molecule has 7 aromatic heterocycles. The fraction of sp³-hybridized carbons (Fsp3) is 0. The molecule has 3 nitrogen and oxygen atoms in total. The van der Waals surface area contributed by atoms with Gasteiger partial charge in [-0.25, -0.2) is 12.4 Å². The zero-order valence-electron chi connectivity index (χ0n) is 29.2. The second-order valence-electron chi connectivity index (χ2n) is 13.4. The highest BCUT2D eigenvalue weighted by Gasteiger charge is 2.24. The van der Waals surface area contributed by atoms with Crippen LogP contribution in [-0.2, 0) is 10.0 Å². The summed E-state index contributed by atoms with van der Waals surface area (Å²) < 4.78 is 30.8. The van der Waals surface area contributed by atoms with Crippen molar-refractivity contribution < 1.29 is 8.42 Å². The molecule has 0 spiro atoms. The molecule has 0 bridgehead atoms. The lowest BCUT2D eigenvalue weighted by Crippen LogP contribution is -2.12. The number of hydrogen-bond donors (Lipinski definition) is 0. The highest BCUT2D eigenvalue weighted by molar-refractivity contribution is 7.90. The monoisotopic (exact) mass is 849 g/mol. The summed E-state index contributed by atoms with van der Waals surface area (Å²) in [7, 11) is -3.83. The van der Waals surface area contributed by atoms with E-state index in [9.17, 15) is 8.42 Å². The molecule has 7 heterocycles. The summed E-state index contributed by atoms with van der Waals surface area (Å²) in [6.07, 6.45) is 0. The summed E-state index contributed by atoms with van der Waals surface area (Å²) in [4.78, 5) is 11.5. The lowest BCUT2D eigenvalue weighted by Gasteiger charge is -2.09. The topological polar surface area (TPSA) is 39.1 Å². The molecule has 0 aliphatic carbocycles. The van der Waals surface area contributed by atoms with Gasteiger partial charge in [0.2, 0.25) is 0 Å². The van der Waals surface area contributed by atoms with Gasteiger partial charge >= 0.3 is 0 Å². The Morgan fingerprint density at radius 1 is 0.393 bits per heavy atom. The van der Waals surface area contributed by atoms with Crippen LogP contribution in [0.15, 0.2) is 167 Å². The van der Waals surface area contributed by atoms with Crippen molar-refractivity contribution in [1.82, 2.24) is 3.97 Å². The Kier molecular flexibility index (Phi) is 8.36. The highest BCUT2D eigenvalue weighted by Crippen LogP contribution is 2.46. The zero-order valence-corrected chi connectivity index (χ0v) is 34.9. The Labute approximate surface area is 347 Å². The summed E-state index contributed by atoms with van der Waals surface area (Å²) in [5.74, 6) is 0. The second kappa shape index (κ2) is 13.6. The Bertz CT molecular complexity index is 3230.